The van der Waals surface area contributed by atoms with Crippen LogP contribution in [0.25, 0.3) is 0 Å². The Hall–Kier alpha value is -0.780. The van der Waals surface area contributed by atoms with Gasteiger partial charge >= 0.3 is 0 Å². The molecule has 4 N–H and O–H groups in total. The number of allylic oxidation sites excluding steroid dienone is 2. The molecule has 0 heterocycles. The second-order valence-electron chi connectivity index (χ2n) is 3.29. The highest BCUT2D eigenvalue weighted by atomic mass is 14.9. The maximum absolute atomic E-state index is 5.54. The fraction of sp³-hybridized carbons (Fsp3) is 0.556. The molecule has 2 heteroatoms. The molecule has 0 bridgehead atoms. The molecular weight excluding hydrogens is 136 g/mol. The molecule has 0 fully saturated rings. The van der Waals surface area contributed by atoms with E-state index >= 15 is 0 Å². The summed E-state index contributed by atoms with van der Waals surface area (Å²) in [7, 11) is 0. The molecule has 11 heavy (non-hydrogen) atoms. The molecule has 0 spiro atoms. The average molecular weight is 152 g/mol. The number of hydrogen-bond acceptors (Lipinski definition) is 2. The third kappa shape index (κ3) is 3.82. The van der Waals surface area contributed by atoms with Crippen molar-refractivity contribution < 1.29 is 0 Å². The zero-order valence-corrected chi connectivity index (χ0v) is 7.17. The van der Waals surface area contributed by atoms with Crippen molar-refractivity contribution in [1.29, 1.82) is 0 Å². The first-order valence-electron chi connectivity index (χ1n) is 3.63. The Morgan fingerprint density at radius 1 is 1.55 bits per heavy atom. The summed E-state index contributed by atoms with van der Waals surface area (Å²) >= 11 is 0. The lowest BCUT2D eigenvalue weighted by atomic mass is 9.86. The number of rotatable bonds is 3. The number of hydrogen-bond donors (Lipinski definition) is 2. The molecule has 0 aromatic heterocycles. The molecule has 0 aliphatic heterocycles. The highest BCUT2D eigenvalue weighted by Gasteiger charge is 2.21. The molecule has 0 unspecified atom stereocenters. The summed E-state index contributed by atoms with van der Waals surface area (Å²) in [6, 6.07) is 0. The molecule has 0 saturated carbocycles. The summed E-state index contributed by atoms with van der Waals surface area (Å²) in [5, 5.41) is 0. The lowest BCUT2D eigenvalue weighted by Crippen LogP contribution is -2.44. The average Bonchev–Trinajstić information content (AvgIpc) is 1.88. The first kappa shape index (κ1) is 10.2. The van der Waals surface area contributed by atoms with Gasteiger partial charge in [0, 0.05) is 0 Å². The van der Waals surface area contributed by atoms with Gasteiger partial charge in [-0.05, 0) is 17.9 Å². The second-order valence-corrected chi connectivity index (χ2v) is 3.29. The molecular formula is C9H16N2. The summed E-state index contributed by atoms with van der Waals surface area (Å²) in [4.78, 5) is 0. The summed E-state index contributed by atoms with van der Waals surface area (Å²) in [5.74, 6) is 2.42. The van der Waals surface area contributed by atoms with Crippen LogP contribution in [0.5, 0.6) is 0 Å². The van der Waals surface area contributed by atoms with Crippen LogP contribution in [0.1, 0.15) is 20.3 Å². The van der Waals surface area contributed by atoms with E-state index in [0.717, 1.165) is 6.42 Å². The van der Waals surface area contributed by atoms with E-state index in [1.165, 1.54) is 0 Å². The van der Waals surface area contributed by atoms with E-state index in [1.807, 2.05) is 19.9 Å². The van der Waals surface area contributed by atoms with Crippen molar-refractivity contribution in [2.24, 2.45) is 16.9 Å². The lowest BCUT2D eigenvalue weighted by molar-refractivity contribution is 0.294. The van der Waals surface area contributed by atoms with Crippen molar-refractivity contribution in [2.45, 2.75) is 26.4 Å². The van der Waals surface area contributed by atoms with Crippen LogP contribution in [0.4, 0.5) is 0 Å². The first-order chi connectivity index (χ1) is 5.00. The van der Waals surface area contributed by atoms with Crippen LogP contribution < -0.4 is 11.5 Å². The fourth-order valence-electron chi connectivity index (χ4n) is 0.567. The van der Waals surface area contributed by atoms with Gasteiger partial charge in [-0.2, -0.15) is 0 Å². The van der Waals surface area contributed by atoms with Crippen molar-refractivity contribution in [3.05, 3.63) is 12.2 Å². The SMILES string of the molecule is C#C/C=C\CC(C)(C)C(N)N. The third-order valence-corrected chi connectivity index (χ3v) is 1.76. The molecule has 0 aliphatic carbocycles. The normalized spacial score (nSPS) is 12.4. The van der Waals surface area contributed by atoms with Gasteiger partial charge in [0.05, 0.1) is 6.17 Å². The van der Waals surface area contributed by atoms with Gasteiger partial charge in [-0.1, -0.05) is 25.8 Å². The Labute approximate surface area is 68.6 Å². The fourth-order valence-corrected chi connectivity index (χ4v) is 0.567. The Bertz CT molecular complexity index is 172. The molecule has 62 valence electrons. The van der Waals surface area contributed by atoms with Crippen LogP contribution in [0.3, 0.4) is 0 Å². The molecule has 0 amide bonds. The van der Waals surface area contributed by atoms with Gasteiger partial charge in [0.25, 0.3) is 0 Å². The van der Waals surface area contributed by atoms with Crippen molar-refractivity contribution in [1.82, 2.24) is 0 Å². The Morgan fingerprint density at radius 3 is 2.45 bits per heavy atom. The Balaban J connectivity index is 3.94. The van der Waals surface area contributed by atoms with Gasteiger partial charge in [0.15, 0.2) is 0 Å². The Kier molecular flexibility index (Phi) is 3.88. The van der Waals surface area contributed by atoms with Gasteiger partial charge in [-0.15, -0.1) is 6.42 Å². The zero-order valence-electron chi connectivity index (χ0n) is 7.17. The molecule has 2 nitrogen and oxygen atoms in total. The molecule has 0 atom stereocenters. The van der Waals surface area contributed by atoms with Crippen LogP contribution in [0.2, 0.25) is 0 Å². The molecule has 0 rings (SSSR count). The van der Waals surface area contributed by atoms with E-state index in [9.17, 15) is 0 Å². The van der Waals surface area contributed by atoms with E-state index in [-0.39, 0.29) is 11.6 Å². The highest BCUT2D eigenvalue weighted by Crippen LogP contribution is 2.21. The van der Waals surface area contributed by atoms with E-state index in [0.29, 0.717) is 0 Å². The van der Waals surface area contributed by atoms with Crippen molar-refractivity contribution >= 4 is 0 Å². The standard InChI is InChI=1S/C9H16N2/c1-4-5-6-7-9(2,3)8(10)11/h1,5-6,8H,7,10-11H2,2-3H3/b6-5-. The van der Waals surface area contributed by atoms with Crippen LogP contribution >= 0.6 is 0 Å². The lowest BCUT2D eigenvalue weighted by Gasteiger charge is -2.26. The quantitative estimate of drug-likeness (QED) is 0.465. The molecule has 0 aromatic rings. The Morgan fingerprint density at radius 2 is 2.09 bits per heavy atom. The van der Waals surface area contributed by atoms with Crippen molar-refractivity contribution in [2.75, 3.05) is 0 Å². The summed E-state index contributed by atoms with van der Waals surface area (Å²) in [6.07, 6.45) is 9.13. The van der Waals surface area contributed by atoms with Crippen LogP contribution in [0.15, 0.2) is 12.2 Å². The maximum Gasteiger partial charge on any atom is 0.0576 e. The molecule has 0 aliphatic rings. The topological polar surface area (TPSA) is 52.0 Å². The minimum absolute atomic E-state index is 0.0760. The zero-order chi connectivity index (χ0) is 8.91. The van der Waals surface area contributed by atoms with Gasteiger partial charge in [-0.25, -0.2) is 0 Å². The number of terminal acetylenes is 1. The monoisotopic (exact) mass is 152 g/mol. The predicted octanol–water partition coefficient (Wildman–Crippen LogP) is 0.836. The van der Waals surface area contributed by atoms with Crippen molar-refractivity contribution in [3.63, 3.8) is 0 Å². The summed E-state index contributed by atoms with van der Waals surface area (Å²) in [5.41, 5.74) is 11.0. The second kappa shape index (κ2) is 4.17. The molecule has 0 radical (unpaired) electrons. The third-order valence-electron chi connectivity index (χ3n) is 1.76. The highest BCUT2D eigenvalue weighted by molar-refractivity contribution is 5.09. The first-order valence-corrected chi connectivity index (χ1v) is 3.63. The summed E-state index contributed by atoms with van der Waals surface area (Å²) in [6.45, 7) is 4.02. The van der Waals surface area contributed by atoms with Crippen LogP contribution in [0, 0.1) is 17.8 Å². The predicted molar refractivity (Wildman–Crippen MR) is 48.5 cm³/mol. The van der Waals surface area contributed by atoms with Gasteiger partial charge in [0.1, 0.15) is 0 Å². The minimum atomic E-state index is -0.301. The molecule has 0 aromatic carbocycles. The molecule has 0 saturated heterocycles. The van der Waals surface area contributed by atoms with Crippen molar-refractivity contribution in [3.8, 4) is 12.3 Å². The van der Waals surface area contributed by atoms with Crippen LogP contribution in [-0.2, 0) is 0 Å². The van der Waals surface area contributed by atoms with Crippen LogP contribution in [-0.4, -0.2) is 6.17 Å². The maximum atomic E-state index is 5.54. The largest absolute Gasteiger partial charge is 0.316 e. The number of nitrogens with two attached hydrogens (primary N) is 2. The van der Waals surface area contributed by atoms with E-state index < -0.39 is 0 Å². The summed E-state index contributed by atoms with van der Waals surface area (Å²) < 4.78 is 0. The van der Waals surface area contributed by atoms with E-state index in [4.69, 9.17) is 17.9 Å². The minimum Gasteiger partial charge on any atom is -0.316 e. The van der Waals surface area contributed by atoms with E-state index in [1.54, 1.807) is 6.08 Å². The van der Waals surface area contributed by atoms with Gasteiger partial charge < -0.3 is 11.5 Å². The van der Waals surface area contributed by atoms with Gasteiger partial charge in [0.2, 0.25) is 0 Å². The van der Waals surface area contributed by atoms with Gasteiger partial charge in [-0.3, -0.25) is 0 Å². The smallest absolute Gasteiger partial charge is 0.0576 e. The van der Waals surface area contributed by atoms with E-state index in [2.05, 4.69) is 5.92 Å².